The third-order valence-corrected chi connectivity index (χ3v) is 9.67. The fourth-order valence-electron chi connectivity index (χ4n) is 5.17. The first-order chi connectivity index (χ1) is 30.6. The molecule has 358 valence electrons. The van der Waals surface area contributed by atoms with Gasteiger partial charge >= 0.3 is 23.6 Å². The number of nitrogen functional groups attached to an aromatic ring is 2. The van der Waals surface area contributed by atoms with Crippen LogP contribution in [0.2, 0.25) is 5.15 Å². The lowest BCUT2D eigenvalue weighted by Gasteiger charge is -2.22. The zero-order valence-corrected chi connectivity index (χ0v) is 40.6. The molecular formula is C41H55ClI2N8O13. The number of nitrogens with two attached hydrogens (primary N) is 2. The number of ether oxygens (including phenoxy) is 6. The lowest BCUT2D eigenvalue weighted by Crippen LogP contribution is -2.32. The number of hydrogen-bond donors (Lipinski definition) is 3. The second-order valence-corrected chi connectivity index (χ2v) is 15.5. The average Bonchev–Trinajstić information content (AvgIpc) is 3.84. The number of nitro groups is 2. The third kappa shape index (κ3) is 20.4. The highest BCUT2D eigenvalue weighted by atomic mass is 127. The van der Waals surface area contributed by atoms with Crippen LogP contribution in [0.15, 0.2) is 60.7 Å². The molecule has 0 radical (unpaired) electrons. The van der Waals surface area contributed by atoms with Crippen molar-refractivity contribution in [2.24, 2.45) is 0 Å². The fourth-order valence-corrected chi connectivity index (χ4v) is 6.08. The molecule has 4 aromatic rings. The zero-order chi connectivity index (χ0) is 47.6. The molecule has 5 rings (SSSR count). The maximum absolute atomic E-state index is 12.6. The largest absolute Gasteiger partial charge is 0.475 e. The predicted molar refractivity (Wildman–Crippen MR) is 263 cm³/mol. The molecule has 5 N–H and O–H groups in total. The maximum atomic E-state index is 12.6. The number of aliphatic hydroxyl groups excluding tert-OH is 1. The quantitative estimate of drug-likeness (QED) is 0.0312. The number of anilines is 4. The van der Waals surface area contributed by atoms with Crippen molar-refractivity contribution in [2.45, 2.75) is 47.2 Å². The number of benzene rings is 2. The van der Waals surface area contributed by atoms with Gasteiger partial charge in [0.25, 0.3) is 0 Å². The predicted octanol–water partition coefficient (Wildman–Crippen LogP) is 8.42. The fraction of sp³-hybridized carbons (Fsp3) is 0.415. The molecule has 0 bridgehead atoms. The second kappa shape index (κ2) is 31.9. The number of carbonyl (C=O) groups excluding carboxylic acids is 2. The highest BCUT2D eigenvalue weighted by molar-refractivity contribution is 14.1. The van der Waals surface area contributed by atoms with E-state index in [4.69, 9.17) is 51.9 Å². The van der Waals surface area contributed by atoms with Crippen molar-refractivity contribution in [3.63, 3.8) is 0 Å². The number of halogens is 3. The van der Waals surface area contributed by atoms with E-state index in [0.717, 1.165) is 41.3 Å². The number of pyridine rings is 2. The standard InChI is InChI=1S/C18H21IN4O6.C15H14ClIN4O4.C4H8O.C3H8O2.CH4/c1-3-28-18(24)22(11-12-4-6-13(19)7-5-12)14-10-15(29-9-8-27-2)21-17(20)16(14)23(25)26;1-2-25-15(22)20(8-9-3-5-10(17)6-4-9)11-7-12(16)19-14(18)13(11)21(23)24;1-2-4-5-3-1;1-5-3-2-4;/h4-7,10H,3,8-9,11H2,1-2H3,(H2,20,21);3-7H,2,8H2,1H3,(H2,18,19);1-4H2;4H,2-3H2,1H3;1H4. The highest BCUT2D eigenvalue weighted by Crippen LogP contribution is 2.38. The Morgan fingerprint density at radius 3 is 1.55 bits per heavy atom. The number of rotatable bonds is 16. The molecule has 0 atom stereocenters. The van der Waals surface area contributed by atoms with Gasteiger partial charge < -0.3 is 45.0 Å². The molecular weight excluding hydrogens is 1100 g/mol. The Morgan fingerprint density at radius 2 is 1.20 bits per heavy atom. The van der Waals surface area contributed by atoms with Crippen molar-refractivity contribution in [3.05, 3.63) is 104 Å². The van der Waals surface area contributed by atoms with E-state index in [0.29, 0.717) is 6.61 Å². The first-order valence-electron chi connectivity index (χ1n) is 19.3. The Bertz CT molecular complexity index is 2080. The first kappa shape index (κ1) is 58.1. The lowest BCUT2D eigenvalue weighted by atomic mass is 10.2. The summed E-state index contributed by atoms with van der Waals surface area (Å²) in [7, 11) is 3.06. The Kier molecular flexibility index (Phi) is 28.5. The van der Waals surface area contributed by atoms with Gasteiger partial charge in [0.1, 0.15) is 23.1 Å². The van der Waals surface area contributed by atoms with Gasteiger partial charge in [-0.15, -0.1) is 0 Å². The molecule has 2 aromatic carbocycles. The van der Waals surface area contributed by atoms with Crippen molar-refractivity contribution in [3.8, 4) is 5.88 Å². The average molecular weight is 1160 g/mol. The SMILES string of the molecule is C.C1CCOC1.CCOC(=O)N(Cc1ccc(I)cc1)c1cc(Cl)nc(N)c1[N+](=O)[O-].CCOC(=O)N(Cc1ccc(I)cc1)c1cc(OCCOC)nc(N)c1[N+](=O)[O-].COCCO. The minimum Gasteiger partial charge on any atom is -0.475 e. The minimum absolute atomic E-state index is 0. The summed E-state index contributed by atoms with van der Waals surface area (Å²) in [6.07, 6.45) is 1.06. The molecule has 21 nitrogen and oxygen atoms in total. The Morgan fingerprint density at radius 1 is 0.769 bits per heavy atom. The van der Waals surface area contributed by atoms with Crippen molar-refractivity contribution >= 4 is 103 Å². The number of methoxy groups -OCH3 is 2. The van der Waals surface area contributed by atoms with Gasteiger partial charge in [0.2, 0.25) is 17.5 Å². The monoisotopic (exact) mass is 1160 g/mol. The van der Waals surface area contributed by atoms with Crippen LogP contribution in [0.25, 0.3) is 0 Å². The van der Waals surface area contributed by atoms with Crippen LogP contribution < -0.4 is 26.0 Å². The second-order valence-electron chi connectivity index (χ2n) is 12.6. The summed E-state index contributed by atoms with van der Waals surface area (Å²) in [4.78, 5) is 56.5. The van der Waals surface area contributed by atoms with E-state index in [2.05, 4.69) is 59.9 Å². The normalized spacial score (nSPS) is 11.1. The van der Waals surface area contributed by atoms with Crippen molar-refractivity contribution < 1.29 is 53.0 Å². The molecule has 24 heteroatoms. The van der Waals surface area contributed by atoms with Gasteiger partial charge in [-0.05, 0) is 107 Å². The molecule has 1 fully saturated rings. The molecule has 3 heterocycles. The van der Waals surface area contributed by atoms with E-state index in [1.807, 2.05) is 48.5 Å². The van der Waals surface area contributed by atoms with Crippen molar-refractivity contribution in [2.75, 3.05) is 88.3 Å². The lowest BCUT2D eigenvalue weighted by molar-refractivity contribution is -0.383. The molecule has 1 saturated heterocycles. The molecule has 0 spiro atoms. The molecule has 65 heavy (non-hydrogen) atoms. The van der Waals surface area contributed by atoms with Crippen LogP contribution in [0.4, 0.5) is 44.0 Å². The van der Waals surface area contributed by atoms with E-state index in [1.54, 1.807) is 21.0 Å². The summed E-state index contributed by atoms with van der Waals surface area (Å²) in [5, 5.41) is 30.9. The molecule has 2 amide bonds. The van der Waals surface area contributed by atoms with Gasteiger partial charge in [0, 0.05) is 46.7 Å². The van der Waals surface area contributed by atoms with E-state index in [-0.39, 0.29) is 87.6 Å². The summed E-state index contributed by atoms with van der Waals surface area (Å²) in [5.41, 5.74) is 11.8. The van der Waals surface area contributed by atoms with Crippen molar-refractivity contribution in [1.82, 2.24) is 9.97 Å². The summed E-state index contributed by atoms with van der Waals surface area (Å²) in [6.45, 7) is 6.62. The number of hydrogen-bond acceptors (Lipinski definition) is 17. The van der Waals surface area contributed by atoms with Crippen LogP contribution >= 0.6 is 56.8 Å². The number of carbonyl (C=O) groups is 2. The van der Waals surface area contributed by atoms with Crippen molar-refractivity contribution in [1.29, 1.82) is 0 Å². The molecule has 1 aliphatic heterocycles. The van der Waals surface area contributed by atoms with Crippen LogP contribution in [0.5, 0.6) is 5.88 Å². The van der Waals surface area contributed by atoms with Crippen LogP contribution in [0.1, 0.15) is 45.2 Å². The van der Waals surface area contributed by atoms with Crippen LogP contribution in [0, 0.1) is 27.4 Å². The molecule has 2 aromatic heterocycles. The minimum atomic E-state index is -0.748. The topological polar surface area (TPSA) is 280 Å². The van der Waals surface area contributed by atoms with Crippen LogP contribution in [-0.4, -0.2) is 104 Å². The smallest absolute Gasteiger partial charge is 0.414 e. The third-order valence-electron chi connectivity index (χ3n) is 8.04. The van der Waals surface area contributed by atoms with Gasteiger partial charge in [0.15, 0.2) is 0 Å². The molecule has 0 unspecified atom stereocenters. The summed E-state index contributed by atoms with van der Waals surface area (Å²) < 4.78 is 31.9. The van der Waals surface area contributed by atoms with E-state index < -0.39 is 33.4 Å². The molecule has 1 aliphatic rings. The van der Waals surface area contributed by atoms with Crippen LogP contribution in [0.3, 0.4) is 0 Å². The summed E-state index contributed by atoms with van der Waals surface area (Å²) in [5.74, 6) is -0.696. The van der Waals surface area contributed by atoms with Gasteiger partial charge in [-0.2, -0.15) is 4.98 Å². The number of aromatic nitrogens is 2. The molecule has 0 saturated carbocycles. The Hall–Kier alpha value is -4.93. The van der Waals surface area contributed by atoms with E-state index >= 15 is 0 Å². The van der Waals surface area contributed by atoms with Gasteiger partial charge in [0.05, 0.1) is 56.0 Å². The van der Waals surface area contributed by atoms with E-state index in [9.17, 15) is 29.8 Å². The van der Waals surface area contributed by atoms with Crippen LogP contribution in [-0.2, 0) is 36.8 Å². The Balaban J connectivity index is 0.000000531. The maximum Gasteiger partial charge on any atom is 0.414 e. The van der Waals surface area contributed by atoms with Gasteiger partial charge in [-0.25, -0.2) is 14.6 Å². The number of aliphatic hydroxyl groups is 1. The van der Waals surface area contributed by atoms with Gasteiger partial charge in [-0.1, -0.05) is 43.3 Å². The van der Waals surface area contributed by atoms with Gasteiger partial charge in [-0.3, -0.25) is 30.0 Å². The number of nitrogens with zero attached hydrogens (tertiary/aromatic N) is 6. The molecule has 0 aliphatic carbocycles. The summed E-state index contributed by atoms with van der Waals surface area (Å²) >= 11 is 10.2. The highest BCUT2D eigenvalue weighted by Gasteiger charge is 2.32. The zero-order valence-electron chi connectivity index (χ0n) is 35.6. The first-order valence-corrected chi connectivity index (χ1v) is 21.9. The number of amides is 2. The Labute approximate surface area is 409 Å². The summed E-state index contributed by atoms with van der Waals surface area (Å²) in [6, 6.07) is 17.2. The van der Waals surface area contributed by atoms with E-state index in [1.165, 1.54) is 32.1 Å².